The van der Waals surface area contributed by atoms with E-state index < -0.39 is 11.9 Å². The van der Waals surface area contributed by atoms with Gasteiger partial charge in [-0.1, -0.05) is 57.2 Å². The van der Waals surface area contributed by atoms with E-state index in [1.165, 1.54) is 51.2 Å². The molecular formula is C23H29NO4. The molecule has 0 bridgehead atoms. The molecule has 5 heteroatoms. The quantitative estimate of drug-likeness (QED) is 0.324. The topological polar surface area (TPSA) is 75.6 Å². The normalized spacial score (nSPS) is 10.5. The van der Waals surface area contributed by atoms with Crippen LogP contribution in [0.25, 0.3) is 0 Å². The standard InChI is InChI=1S/C23H29NO4/c1-3-4-5-6-7-8-11-18-14-15-20(22(16-18)28-17(2)25)24-23(27)19-12-9-10-13-21(19)26/h9-10,12-16,26H,3-8,11H2,1-2H3,(H,24,27). The van der Waals surface area contributed by atoms with Crippen molar-refractivity contribution in [2.24, 2.45) is 0 Å². The Morgan fingerprint density at radius 3 is 2.43 bits per heavy atom. The SMILES string of the molecule is CCCCCCCCc1ccc(NC(=O)c2ccccc2O)c(OC(C)=O)c1. The van der Waals surface area contributed by atoms with E-state index in [1.54, 1.807) is 24.3 Å². The van der Waals surface area contributed by atoms with Crippen LogP contribution in [0.15, 0.2) is 42.5 Å². The average Bonchev–Trinajstić information content (AvgIpc) is 2.66. The van der Waals surface area contributed by atoms with Crippen LogP contribution in [-0.4, -0.2) is 17.0 Å². The first-order chi connectivity index (χ1) is 13.5. The minimum Gasteiger partial charge on any atom is -0.507 e. The van der Waals surface area contributed by atoms with Gasteiger partial charge in [-0.05, 0) is 42.7 Å². The molecule has 0 radical (unpaired) electrons. The highest BCUT2D eigenvalue weighted by Gasteiger charge is 2.14. The molecule has 2 aromatic rings. The van der Waals surface area contributed by atoms with Crippen LogP contribution in [-0.2, 0) is 11.2 Å². The number of carbonyl (C=O) groups excluding carboxylic acids is 2. The number of nitrogens with one attached hydrogen (secondary N) is 1. The summed E-state index contributed by atoms with van der Waals surface area (Å²) in [4.78, 5) is 23.9. The average molecular weight is 383 g/mol. The Bertz CT molecular complexity index is 801. The fraction of sp³-hybridized carbons (Fsp3) is 0.391. The Hall–Kier alpha value is -2.82. The van der Waals surface area contributed by atoms with Gasteiger partial charge in [0.25, 0.3) is 5.91 Å². The lowest BCUT2D eigenvalue weighted by Gasteiger charge is -2.13. The van der Waals surface area contributed by atoms with Gasteiger partial charge >= 0.3 is 5.97 Å². The van der Waals surface area contributed by atoms with Gasteiger partial charge in [0, 0.05) is 6.92 Å². The molecule has 0 unspecified atom stereocenters. The van der Waals surface area contributed by atoms with E-state index in [2.05, 4.69) is 12.2 Å². The second-order valence-electron chi connectivity index (χ2n) is 6.91. The third-order valence-electron chi connectivity index (χ3n) is 4.52. The fourth-order valence-corrected chi connectivity index (χ4v) is 3.03. The first-order valence-electron chi connectivity index (χ1n) is 9.92. The van der Waals surface area contributed by atoms with Gasteiger partial charge in [0.05, 0.1) is 11.3 Å². The van der Waals surface area contributed by atoms with Gasteiger partial charge < -0.3 is 15.2 Å². The lowest BCUT2D eigenvalue weighted by Crippen LogP contribution is -2.14. The number of anilines is 1. The lowest BCUT2D eigenvalue weighted by molar-refractivity contribution is -0.131. The second-order valence-corrected chi connectivity index (χ2v) is 6.91. The van der Waals surface area contributed by atoms with E-state index >= 15 is 0 Å². The Morgan fingerprint density at radius 1 is 1.00 bits per heavy atom. The third kappa shape index (κ3) is 6.72. The maximum Gasteiger partial charge on any atom is 0.308 e. The summed E-state index contributed by atoms with van der Waals surface area (Å²) in [5, 5.41) is 12.6. The molecule has 2 aromatic carbocycles. The maximum atomic E-state index is 12.4. The zero-order chi connectivity index (χ0) is 20.4. The Morgan fingerprint density at radius 2 is 1.71 bits per heavy atom. The lowest BCUT2D eigenvalue weighted by atomic mass is 10.0. The number of benzene rings is 2. The second kappa shape index (κ2) is 11.1. The molecular weight excluding hydrogens is 354 g/mol. The van der Waals surface area contributed by atoms with E-state index in [0.29, 0.717) is 11.4 Å². The van der Waals surface area contributed by atoms with Crippen molar-refractivity contribution in [3.63, 3.8) is 0 Å². The van der Waals surface area contributed by atoms with Gasteiger partial charge in [0.15, 0.2) is 5.75 Å². The summed E-state index contributed by atoms with van der Waals surface area (Å²) in [5.41, 5.74) is 1.62. The number of rotatable bonds is 10. The zero-order valence-corrected chi connectivity index (χ0v) is 16.7. The van der Waals surface area contributed by atoms with Crippen LogP contribution in [0.1, 0.15) is 68.3 Å². The first-order valence-corrected chi connectivity index (χ1v) is 9.92. The number of amides is 1. The molecule has 1 amide bonds. The smallest absolute Gasteiger partial charge is 0.308 e. The molecule has 0 saturated carbocycles. The number of carbonyl (C=O) groups is 2. The van der Waals surface area contributed by atoms with Crippen molar-refractivity contribution >= 4 is 17.6 Å². The number of para-hydroxylation sites is 1. The Kier molecular flexibility index (Phi) is 8.53. The summed E-state index contributed by atoms with van der Waals surface area (Å²) in [6, 6.07) is 11.8. The number of aryl methyl sites for hydroxylation is 1. The number of phenolic OH excluding ortho intramolecular Hbond substituents is 1. The molecule has 2 N–H and O–H groups in total. The molecule has 28 heavy (non-hydrogen) atoms. The molecule has 5 nitrogen and oxygen atoms in total. The van der Waals surface area contributed by atoms with Crippen LogP contribution in [0.2, 0.25) is 0 Å². The summed E-state index contributed by atoms with van der Waals surface area (Å²) in [6.45, 7) is 3.53. The molecule has 2 rings (SSSR count). The monoisotopic (exact) mass is 383 g/mol. The molecule has 0 atom stereocenters. The molecule has 0 aliphatic rings. The van der Waals surface area contributed by atoms with Crippen LogP contribution >= 0.6 is 0 Å². The van der Waals surface area contributed by atoms with Crippen LogP contribution in [0, 0.1) is 0 Å². The fourth-order valence-electron chi connectivity index (χ4n) is 3.03. The summed E-state index contributed by atoms with van der Waals surface area (Å²) in [5.74, 6) is -0.696. The van der Waals surface area contributed by atoms with Gasteiger partial charge in [0.1, 0.15) is 5.75 Å². The van der Waals surface area contributed by atoms with E-state index in [9.17, 15) is 14.7 Å². The highest BCUT2D eigenvalue weighted by molar-refractivity contribution is 6.06. The van der Waals surface area contributed by atoms with Gasteiger partial charge in [-0.2, -0.15) is 0 Å². The summed E-state index contributed by atoms with van der Waals surface area (Å²) >= 11 is 0. The summed E-state index contributed by atoms with van der Waals surface area (Å²) in [7, 11) is 0. The van der Waals surface area contributed by atoms with Gasteiger partial charge in [0.2, 0.25) is 0 Å². The van der Waals surface area contributed by atoms with Crippen LogP contribution < -0.4 is 10.1 Å². The van der Waals surface area contributed by atoms with Gasteiger partial charge in [-0.3, -0.25) is 9.59 Å². The van der Waals surface area contributed by atoms with Crippen molar-refractivity contribution in [2.75, 3.05) is 5.32 Å². The number of phenols is 1. The van der Waals surface area contributed by atoms with Crippen molar-refractivity contribution in [1.82, 2.24) is 0 Å². The molecule has 0 saturated heterocycles. The Balaban J connectivity index is 2.06. The van der Waals surface area contributed by atoms with E-state index in [1.807, 2.05) is 6.07 Å². The van der Waals surface area contributed by atoms with Crippen LogP contribution in [0.5, 0.6) is 11.5 Å². The third-order valence-corrected chi connectivity index (χ3v) is 4.52. The van der Waals surface area contributed by atoms with Crippen LogP contribution in [0.3, 0.4) is 0 Å². The van der Waals surface area contributed by atoms with Crippen molar-refractivity contribution < 1.29 is 19.4 Å². The minimum atomic E-state index is -0.463. The number of unbranched alkanes of at least 4 members (excludes halogenated alkanes) is 5. The summed E-state index contributed by atoms with van der Waals surface area (Å²) < 4.78 is 5.30. The van der Waals surface area contributed by atoms with Crippen molar-refractivity contribution in [3.8, 4) is 11.5 Å². The molecule has 0 aliphatic heterocycles. The molecule has 150 valence electrons. The molecule has 0 heterocycles. The predicted molar refractivity (Wildman–Crippen MR) is 111 cm³/mol. The van der Waals surface area contributed by atoms with Crippen molar-refractivity contribution in [1.29, 1.82) is 0 Å². The van der Waals surface area contributed by atoms with E-state index in [-0.39, 0.29) is 11.3 Å². The highest BCUT2D eigenvalue weighted by Crippen LogP contribution is 2.28. The minimum absolute atomic E-state index is 0.103. The molecule has 0 fully saturated rings. The largest absolute Gasteiger partial charge is 0.507 e. The van der Waals surface area contributed by atoms with Crippen molar-refractivity contribution in [3.05, 3.63) is 53.6 Å². The molecule has 0 aromatic heterocycles. The van der Waals surface area contributed by atoms with Gasteiger partial charge in [-0.15, -0.1) is 0 Å². The molecule has 0 aliphatic carbocycles. The van der Waals surface area contributed by atoms with Gasteiger partial charge in [-0.25, -0.2) is 0 Å². The number of ether oxygens (including phenoxy) is 1. The maximum absolute atomic E-state index is 12.4. The molecule has 0 spiro atoms. The summed E-state index contributed by atoms with van der Waals surface area (Å²) in [6.07, 6.45) is 8.17. The number of aromatic hydroxyl groups is 1. The van der Waals surface area contributed by atoms with E-state index in [4.69, 9.17) is 4.74 Å². The predicted octanol–water partition coefficient (Wildman–Crippen LogP) is 5.47. The number of hydrogen-bond acceptors (Lipinski definition) is 4. The number of hydrogen-bond donors (Lipinski definition) is 2. The first kappa shape index (κ1) is 21.5. The number of esters is 1. The zero-order valence-electron chi connectivity index (χ0n) is 16.7. The van der Waals surface area contributed by atoms with Crippen LogP contribution in [0.4, 0.5) is 5.69 Å². The highest BCUT2D eigenvalue weighted by atomic mass is 16.5. The van der Waals surface area contributed by atoms with E-state index in [0.717, 1.165) is 18.4 Å². The van der Waals surface area contributed by atoms with Crippen molar-refractivity contribution in [2.45, 2.75) is 58.8 Å². The Labute approximate surface area is 166 Å².